The number of likely N-dealkylation sites (tertiary alicyclic amines) is 1. The van der Waals surface area contributed by atoms with E-state index in [1.165, 1.54) is 0 Å². The summed E-state index contributed by atoms with van der Waals surface area (Å²) < 4.78 is 11.6. The monoisotopic (exact) mass is 417 g/mol. The standard InChI is InChI=1S/C20H31N5O3Si/c1-29(2,3)12-11-27-15-18-13-17(19-21-23-24-22-19)9-10-25(18)20(26)28-14-16-7-5-4-6-8-16/h4-8,17-18H,9-15H2,1-3H3,(H,21,22,23,24)/t17-,18+/m1/s1. The average molecular weight is 418 g/mol. The molecule has 0 bridgehead atoms. The van der Waals surface area contributed by atoms with Crippen LogP contribution in [0.3, 0.4) is 0 Å². The number of aromatic nitrogens is 4. The van der Waals surface area contributed by atoms with Gasteiger partial charge in [0.05, 0.1) is 12.6 Å². The Morgan fingerprint density at radius 1 is 1.28 bits per heavy atom. The van der Waals surface area contributed by atoms with E-state index in [9.17, 15) is 4.79 Å². The molecule has 158 valence electrons. The predicted molar refractivity (Wildman–Crippen MR) is 112 cm³/mol. The van der Waals surface area contributed by atoms with Gasteiger partial charge in [-0.3, -0.25) is 0 Å². The van der Waals surface area contributed by atoms with Crippen LogP contribution in [0.5, 0.6) is 0 Å². The second kappa shape index (κ2) is 9.97. The molecule has 29 heavy (non-hydrogen) atoms. The van der Waals surface area contributed by atoms with Crippen molar-refractivity contribution in [2.45, 2.75) is 57.1 Å². The number of H-pyrrole nitrogens is 1. The van der Waals surface area contributed by atoms with Crippen molar-refractivity contribution in [2.75, 3.05) is 19.8 Å². The Kier molecular flexibility index (Phi) is 7.38. The van der Waals surface area contributed by atoms with Gasteiger partial charge >= 0.3 is 6.09 Å². The summed E-state index contributed by atoms with van der Waals surface area (Å²) in [6.45, 7) is 9.08. The first-order valence-electron chi connectivity index (χ1n) is 10.2. The number of carbonyl (C=O) groups excluding carboxylic acids is 1. The lowest BCUT2D eigenvalue weighted by atomic mass is 9.91. The minimum Gasteiger partial charge on any atom is -0.445 e. The number of amides is 1. The number of rotatable bonds is 8. The van der Waals surface area contributed by atoms with Gasteiger partial charge < -0.3 is 14.4 Å². The summed E-state index contributed by atoms with van der Waals surface area (Å²) in [6, 6.07) is 10.8. The lowest BCUT2D eigenvalue weighted by Crippen LogP contribution is -2.48. The minimum atomic E-state index is -1.15. The molecule has 1 aliphatic heterocycles. The van der Waals surface area contributed by atoms with Crippen LogP contribution < -0.4 is 0 Å². The number of hydrogen-bond donors (Lipinski definition) is 1. The van der Waals surface area contributed by atoms with E-state index in [4.69, 9.17) is 9.47 Å². The molecule has 0 unspecified atom stereocenters. The van der Waals surface area contributed by atoms with E-state index >= 15 is 0 Å². The molecule has 1 fully saturated rings. The van der Waals surface area contributed by atoms with Crippen LogP contribution in [-0.4, -0.2) is 65.5 Å². The van der Waals surface area contributed by atoms with Gasteiger partial charge in [0.25, 0.3) is 0 Å². The van der Waals surface area contributed by atoms with Crippen LogP contribution in [0, 0.1) is 0 Å². The Morgan fingerprint density at radius 3 is 2.76 bits per heavy atom. The normalized spacial score (nSPS) is 19.9. The highest BCUT2D eigenvalue weighted by Gasteiger charge is 2.35. The van der Waals surface area contributed by atoms with Gasteiger partial charge in [0.15, 0.2) is 5.82 Å². The lowest BCUT2D eigenvalue weighted by molar-refractivity contribution is 0.0241. The fourth-order valence-electron chi connectivity index (χ4n) is 3.43. The molecule has 1 aromatic heterocycles. The quantitative estimate of drug-likeness (QED) is 0.522. The maximum atomic E-state index is 12.8. The largest absolute Gasteiger partial charge is 0.445 e. The minimum absolute atomic E-state index is 0.0582. The molecule has 2 atom stereocenters. The van der Waals surface area contributed by atoms with Crippen LogP contribution in [0.25, 0.3) is 0 Å². The number of hydrogen-bond acceptors (Lipinski definition) is 6. The maximum Gasteiger partial charge on any atom is 0.410 e. The van der Waals surface area contributed by atoms with Crippen LogP contribution in [-0.2, 0) is 16.1 Å². The van der Waals surface area contributed by atoms with Crippen molar-refractivity contribution >= 4 is 14.2 Å². The number of aromatic amines is 1. The molecule has 0 saturated carbocycles. The Labute approximate surface area is 173 Å². The Hall–Kier alpha value is -2.26. The van der Waals surface area contributed by atoms with E-state index in [1.54, 1.807) is 4.90 Å². The number of benzene rings is 1. The van der Waals surface area contributed by atoms with E-state index in [1.807, 2.05) is 30.3 Å². The van der Waals surface area contributed by atoms with Crippen LogP contribution in [0.15, 0.2) is 30.3 Å². The van der Waals surface area contributed by atoms with Gasteiger partial charge in [-0.1, -0.05) is 55.2 Å². The van der Waals surface area contributed by atoms with Crippen molar-refractivity contribution in [3.8, 4) is 0 Å². The van der Waals surface area contributed by atoms with E-state index in [0.717, 1.165) is 31.1 Å². The molecule has 0 spiro atoms. The van der Waals surface area contributed by atoms with Gasteiger partial charge in [-0.25, -0.2) is 4.79 Å². The molecule has 2 heterocycles. The Balaban J connectivity index is 1.59. The highest BCUT2D eigenvalue weighted by molar-refractivity contribution is 6.76. The topological polar surface area (TPSA) is 93.2 Å². The fraction of sp³-hybridized carbons (Fsp3) is 0.600. The lowest BCUT2D eigenvalue weighted by Gasteiger charge is -2.37. The molecule has 9 heteroatoms. The summed E-state index contributed by atoms with van der Waals surface area (Å²) in [5, 5.41) is 14.5. The molecule has 1 N–H and O–H groups in total. The third-order valence-corrected chi connectivity index (χ3v) is 6.89. The molecule has 3 rings (SSSR count). The van der Waals surface area contributed by atoms with E-state index in [0.29, 0.717) is 19.0 Å². The zero-order valence-corrected chi connectivity index (χ0v) is 18.5. The summed E-state index contributed by atoms with van der Waals surface area (Å²) in [7, 11) is -1.15. The summed E-state index contributed by atoms with van der Waals surface area (Å²) in [6.07, 6.45) is 1.23. The number of nitrogens with one attached hydrogen (secondary N) is 1. The smallest absolute Gasteiger partial charge is 0.410 e. The third kappa shape index (κ3) is 6.64. The number of ether oxygens (including phenoxy) is 2. The summed E-state index contributed by atoms with van der Waals surface area (Å²) in [5.74, 6) is 0.868. The number of tetrazole rings is 1. The average Bonchev–Trinajstić information content (AvgIpc) is 3.24. The molecule has 1 amide bonds. The zero-order chi connectivity index (χ0) is 20.7. The molecular weight excluding hydrogens is 386 g/mol. The second-order valence-electron chi connectivity index (χ2n) is 8.76. The Morgan fingerprint density at radius 2 is 2.07 bits per heavy atom. The summed E-state index contributed by atoms with van der Waals surface area (Å²) >= 11 is 0. The van der Waals surface area contributed by atoms with Gasteiger partial charge in [0.2, 0.25) is 0 Å². The van der Waals surface area contributed by atoms with Crippen LogP contribution in [0.4, 0.5) is 4.79 Å². The van der Waals surface area contributed by atoms with Crippen molar-refractivity contribution in [3.05, 3.63) is 41.7 Å². The number of carbonyl (C=O) groups is 1. The molecular formula is C20H31N5O3Si. The van der Waals surface area contributed by atoms with Crippen molar-refractivity contribution in [1.82, 2.24) is 25.5 Å². The fourth-order valence-corrected chi connectivity index (χ4v) is 4.18. The zero-order valence-electron chi connectivity index (χ0n) is 17.5. The van der Waals surface area contributed by atoms with Crippen LogP contribution in [0.2, 0.25) is 25.7 Å². The van der Waals surface area contributed by atoms with Crippen molar-refractivity contribution in [3.63, 3.8) is 0 Å². The Bertz CT molecular complexity index is 751. The molecule has 0 radical (unpaired) electrons. The predicted octanol–water partition coefficient (Wildman–Crippen LogP) is 3.44. The van der Waals surface area contributed by atoms with Crippen molar-refractivity contribution in [1.29, 1.82) is 0 Å². The first-order valence-corrected chi connectivity index (χ1v) is 13.9. The van der Waals surface area contributed by atoms with Crippen molar-refractivity contribution in [2.24, 2.45) is 0 Å². The van der Waals surface area contributed by atoms with Crippen molar-refractivity contribution < 1.29 is 14.3 Å². The van der Waals surface area contributed by atoms with Gasteiger partial charge in [0.1, 0.15) is 6.61 Å². The SMILES string of the molecule is C[Si](C)(C)CCOC[C@@H]1C[C@H](c2nn[nH]n2)CCN1C(=O)OCc1ccccc1. The first-order chi connectivity index (χ1) is 13.9. The highest BCUT2D eigenvalue weighted by Crippen LogP contribution is 2.30. The van der Waals surface area contributed by atoms with Gasteiger partial charge in [-0.05, 0) is 24.4 Å². The highest BCUT2D eigenvalue weighted by atomic mass is 28.3. The van der Waals surface area contributed by atoms with E-state index < -0.39 is 8.07 Å². The molecule has 2 aromatic rings. The number of nitrogens with zero attached hydrogens (tertiary/aromatic N) is 4. The maximum absolute atomic E-state index is 12.8. The van der Waals surface area contributed by atoms with E-state index in [-0.39, 0.29) is 24.7 Å². The van der Waals surface area contributed by atoms with Gasteiger partial charge in [-0.2, -0.15) is 5.21 Å². The summed E-state index contributed by atoms with van der Waals surface area (Å²) in [4.78, 5) is 14.6. The van der Waals surface area contributed by atoms with Crippen LogP contribution in [0.1, 0.15) is 30.1 Å². The van der Waals surface area contributed by atoms with Gasteiger partial charge in [-0.15, -0.1) is 10.2 Å². The second-order valence-corrected chi connectivity index (χ2v) is 14.4. The molecule has 1 aromatic carbocycles. The summed E-state index contributed by atoms with van der Waals surface area (Å²) in [5.41, 5.74) is 0.977. The molecule has 1 saturated heterocycles. The molecule has 1 aliphatic rings. The first kappa shape index (κ1) is 21.4. The van der Waals surface area contributed by atoms with E-state index in [2.05, 4.69) is 40.3 Å². The van der Waals surface area contributed by atoms with Gasteiger partial charge in [0, 0.05) is 27.1 Å². The number of piperidine rings is 1. The van der Waals surface area contributed by atoms with Crippen LogP contribution >= 0.6 is 0 Å². The molecule has 0 aliphatic carbocycles. The molecule has 8 nitrogen and oxygen atoms in total. The third-order valence-electron chi connectivity index (χ3n) is 5.19.